The average Bonchev–Trinajstić information content (AvgIpc) is 2.77. The summed E-state index contributed by atoms with van der Waals surface area (Å²) in [5.74, 6) is 1.35. The number of Topliss-reactive ketones (excluding diaryl/α,β-unsaturated/α-hetero) is 1. The molecule has 0 atom stereocenters. The summed E-state index contributed by atoms with van der Waals surface area (Å²) in [6.45, 7) is 8.19. The molecule has 29 heavy (non-hydrogen) atoms. The molecule has 0 spiro atoms. The SMILES string of the molecule is CC/C(=C\c1ccc(N(CC)CC)cc1)C(=O)c1cc(OC)c(OC)c(OC)c1. The Balaban J connectivity index is 2.37. The van der Waals surface area contributed by atoms with E-state index in [2.05, 4.69) is 30.9 Å². The first-order valence-electron chi connectivity index (χ1n) is 9.93. The van der Waals surface area contributed by atoms with Gasteiger partial charge in [0.25, 0.3) is 0 Å². The second kappa shape index (κ2) is 10.6. The predicted molar refractivity (Wildman–Crippen MR) is 119 cm³/mol. The van der Waals surface area contributed by atoms with E-state index in [4.69, 9.17) is 14.2 Å². The predicted octanol–water partition coefficient (Wildman–Crippen LogP) is 5.23. The third-order valence-corrected chi connectivity index (χ3v) is 4.96. The van der Waals surface area contributed by atoms with Gasteiger partial charge in [-0.25, -0.2) is 0 Å². The second-order valence-electron chi connectivity index (χ2n) is 6.53. The molecule has 0 amide bonds. The van der Waals surface area contributed by atoms with Crippen LogP contribution in [0.2, 0.25) is 0 Å². The van der Waals surface area contributed by atoms with Crippen molar-refractivity contribution >= 4 is 17.5 Å². The monoisotopic (exact) mass is 397 g/mol. The van der Waals surface area contributed by atoms with Crippen molar-refractivity contribution in [1.82, 2.24) is 0 Å². The third-order valence-electron chi connectivity index (χ3n) is 4.96. The lowest BCUT2D eigenvalue weighted by Crippen LogP contribution is -2.21. The number of benzene rings is 2. The number of anilines is 1. The van der Waals surface area contributed by atoms with Crippen LogP contribution in [0.3, 0.4) is 0 Å². The topological polar surface area (TPSA) is 48.0 Å². The number of methoxy groups -OCH3 is 3. The van der Waals surface area contributed by atoms with Crippen molar-refractivity contribution in [2.45, 2.75) is 27.2 Å². The standard InChI is InChI=1S/C24H31NO4/c1-7-18(14-17-10-12-20(13-11-17)25(8-2)9-3)23(26)19-15-21(27-4)24(29-6)22(16-19)28-5/h10-16H,7-9H2,1-6H3/b18-14+. The van der Waals surface area contributed by atoms with Gasteiger partial charge in [-0.15, -0.1) is 0 Å². The Morgan fingerprint density at radius 2 is 1.45 bits per heavy atom. The average molecular weight is 398 g/mol. The van der Waals surface area contributed by atoms with Gasteiger partial charge in [0, 0.05) is 29.9 Å². The number of ketones is 1. The Kier molecular flexibility index (Phi) is 8.13. The molecule has 5 heteroatoms. The zero-order chi connectivity index (χ0) is 21.4. The smallest absolute Gasteiger partial charge is 0.203 e. The molecule has 0 saturated carbocycles. The summed E-state index contributed by atoms with van der Waals surface area (Å²) < 4.78 is 16.1. The summed E-state index contributed by atoms with van der Waals surface area (Å²) >= 11 is 0. The largest absolute Gasteiger partial charge is 0.493 e. The van der Waals surface area contributed by atoms with Crippen molar-refractivity contribution in [1.29, 1.82) is 0 Å². The Bertz CT molecular complexity index is 827. The highest BCUT2D eigenvalue weighted by molar-refractivity contribution is 6.11. The van der Waals surface area contributed by atoms with Gasteiger partial charge in [0.1, 0.15) is 0 Å². The maximum Gasteiger partial charge on any atom is 0.203 e. The quantitative estimate of drug-likeness (QED) is 0.406. The van der Waals surface area contributed by atoms with E-state index in [9.17, 15) is 4.79 Å². The molecule has 0 aromatic heterocycles. The Hall–Kier alpha value is -2.95. The van der Waals surface area contributed by atoms with Crippen molar-refractivity contribution in [2.75, 3.05) is 39.3 Å². The highest BCUT2D eigenvalue weighted by atomic mass is 16.5. The van der Waals surface area contributed by atoms with Crippen molar-refractivity contribution in [3.63, 3.8) is 0 Å². The number of ether oxygens (including phenoxy) is 3. The molecule has 0 aliphatic heterocycles. The second-order valence-corrected chi connectivity index (χ2v) is 6.53. The molecule has 0 bridgehead atoms. The van der Waals surface area contributed by atoms with Crippen LogP contribution in [0.4, 0.5) is 5.69 Å². The van der Waals surface area contributed by atoms with E-state index in [-0.39, 0.29) is 5.78 Å². The zero-order valence-electron chi connectivity index (χ0n) is 18.2. The van der Waals surface area contributed by atoms with Gasteiger partial charge in [-0.05, 0) is 56.2 Å². The number of allylic oxidation sites excluding steroid dienone is 1. The molecule has 0 radical (unpaired) electrons. The number of hydrogen-bond acceptors (Lipinski definition) is 5. The minimum absolute atomic E-state index is 0.0560. The number of hydrogen-bond donors (Lipinski definition) is 0. The summed E-state index contributed by atoms with van der Waals surface area (Å²) in [5.41, 5.74) is 3.40. The number of carbonyl (C=O) groups excluding carboxylic acids is 1. The van der Waals surface area contributed by atoms with E-state index in [0.717, 1.165) is 24.2 Å². The maximum atomic E-state index is 13.2. The molecular formula is C24H31NO4. The molecule has 5 nitrogen and oxygen atoms in total. The molecular weight excluding hydrogens is 366 g/mol. The van der Waals surface area contributed by atoms with Gasteiger partial charge in [0.05, 0.1) is 21.3 Å². The highest BCUT2D eigenvalue weighted by Crippen LogP contribution is 2.39. The van der Waals surface area contributed by atoms with Crippen LogP contribution < -0.4 is 19.1 Å². The summed E-state index contributed by atoms with van der Waals surface area (Å²) in [7, 11) is 4.63. The van der Waals surface area contributed by atoms with E-state index in [1.807, 2.05) is 25.1 Å². The van der Waals surface area contributed by atoms with Crippen LogP contribution in [-0.2, 0) is 0 Å². The first-order chi connectivity index (χ1) is 14.0. The molecule has 156 valence electrons. The fraction of sp³-hybridized carbons (Fsp3) is 0.375. The Labute approximate surface area is 173 Å². The Morgan fingerprint density at radius 3 is 1.86 bits per heavy atom. The lowest BCUT2D eigenvalue weighted by Gasteiger charge is -2.21. The summed E-state index contributed by atoms with van der Waals surface area (Å²) in [4.78, 5) is 15.4. The fourth-order valence-corrected chi connectivity index (χ4v) is 3.30. The maximum absolute atomic E-state index is 13.2. The van der Waals surface area contributed by atoms with Gasteiger partial charge >= 0.3 is 0 Å². The lowest BCUT2D eigenvalue weighted by molar-refractivity contribution is 0.103. The van der Waals surface area contributed by atoms with Crippen molar-refractivity contribution < 1.29 is 19.0 Å². The van der Waals surface area contributed by atoms with Gasteiger partial charge in [-0.2, -0.15) is 0 Å². The minimum Gasteiger partial charge on any atom is -0.493 e. The van der Waals surface area contributed by atoms with Crippen molar-refractivity contribution in [2.24, 2.45) is 0 Å². The van der Waals surface area contributed by atoms with E-state index in [0.29, 0.717) is 29.2 Å². The van der Waals surface area contributed by atoms with Gasteiger partial charge in [-0.3, -0.25) is 4.79 Å². The van der Waals surface area contributed by atoms with E-state index < -0.39 is 0 Å². The number of nitrogens with zero attached hydrogens (tertiary/aromatic N) is 1. The Morgan fingerprint density at radius 1 is 0.897 bits per heavy atom. The molecule has 0 heterocycles. The molecule has 2 aromatic carbocycles. The normalized spacial score (nSPS) is 11.2. The zero-order valence-corrected chi connectivity index (χ0v) is 18.2. The van der Waals surface area contributed by atoms with Crippen molar-refractivity contribution in [3.05, 3.63) is 53.1 Å². The van der Waals surface area contributed by atoms with Gasteiger partial charge in [0.15, 0.2) is 17.3 Å². The molecule has 0 N–H and O–H groups in total. The summed E-state index contributed by atoms with van der Waals surface area (Å²) in [6.07, 6.45) is 2.56. The minimum atomic E-state index is -0.0560. The van der Waals surface area contributed by atoms with Gasteiger partial charge in [-0.1, -0.05) is 19.1 Å². The van der Waals surface area contributed by atoms with Crippen LogP contribution >= 0.6 is 0 Å². The molecule has 0 saturated heterocycles. The van der Waals surface area contributed by atoms with Crippen LogP contribution in [0.25, 0.3) is 6.08 Å². The van der Waals surface area contributed by atoms with Crippen LogP contribution in [0.5, 0.6) is 17.2 Å². The first kappa shape index (κ1) is 22.3. The number of carbonyl (C=O) groups is 1. The fourth-order valence-electron chi connectivity index (χ4n) is 3.30. The summed E-state index contributed by atoms with van der Waals surface area (Å²) in [6, 6.07) is 11.7. The van der Waals surface area contributed by atoms with Gasteiger partial charge < -0.3 is 19.1 Å². The molecule has 2 aromatic rings. The van der Waals surface area contributed by atoms with Crippen LogP contribution in [0.1, 0.15) is 43.1 Å². The van der Waals surface area contributed by atoms with E-state index in [1.165, 1.54) is 5.69 Å². The molecule has 0 fully saturated rings. The summed E-state index contributed by atoms with van der Waals surface area (Å²) in [5, 5.41) is 0. The first-order valence-corrected chi connectivity index (χ1v) is 9.93. The molecule has 0 aliphatic rings. The number of rotatable bonds is 10. The third kappa shape index (κ3) is 5.11. The molecule has 0 unspecified atom stereocenters. The van der Waals surface area contributed by atoms with E-state index in [1.54, 1.807) is 33.5 Å². The highest BCUT2D eigenvalue weighted by Gasteiger charge is 2.19. The van der Waals surface area contributed by atoms with Crippen LogP contribution in [0, 0.1) is 0 Å². The van der Waals surface area contributed by atoms with Crippen LogP contribution in [-0.4, -0.2) is 40.2 Å². The molecule has 0 aliphatic carbocycles. The molecule has 2 rings (SSSR count). The van der Waals surface area contributed by atoms with Gasteiger partial charge in [0.2, 0.25) is 5.75 Å². The van der Waals surface area contributed by atoms with Crippen LogP contribution in [0.15, 0.2) is 42.0 Å². The van der Waals surface area contributed by atoms with E-state index >= 15 is 0 Å². The lowest BCUT2D eigenvalue weighted by atomic mass is 9.98. The van der Waals surface area contributed by atoms with Crippen molar-refractivity contribution in [3.8, 4) is 17.2 Å².